The third kappa shape index (κ3) is 5.33. The van der Waals surface area contributed by atoms with Crippen LogP contribution in [-0.4, -0.2) is 19.8 Å². The van der Waals surface area contributed by atoms with Crippen molar-refractivity contribution in [2.75, 3.05) is 13.7 Å². The summed E-state index contributed by atoms with van der Waals surface area (Å²) in [6.07, 6.45) is 3.17. The van der Waals surface area contributed by atoms with Gasteiger partial charge in [0.25, 0.3) is 0 Å². The number of methoxy groups -OCH3 is 1. The summed E-state index contributed by atoms with van der Waals surface area (Å²) in [5.41, 5.74) is 7.00. The summed E-state index contributed by atoms with van der Waals surface area (Å²) in [5, 5.41) is 0. The lowest BCUT2D eigenvalue weighted by Crippen LogP contribution is -2.18. The quantitative estimate of drug-likeness (QED) is 0.770. The van der Waals surface area contributed by atoms with Crippen molar-refractivity contribution in [3.05, 3.63) is 22.2 Å². The molecule has 0 radical (unpaired) electrons. The number of nitrogens with two attached hydrogens (primary N) is 1. The van der Waals surface area contributed by atoms with Gasteiger partial charge in [-0.15, -0.1) is 0 Å². The SMILES string of the molecule is CCCC(C)COc1c(Br)cc(CC(C)N)cc1OC. The van der Waals surface area contributed by atoms with E-state index in [4.69, 9.17) is 15.2 Å². The Hall–Kier alpha value is -0.740. The standard InChI is InChI=1S/C16H26BrNO2/c1-5-6-11(2)10-20-16-14(17)8-13(7-12(3)18)9-15(16)19-4/h8-9,11-12H,5-7,10,18H2,1-4H3. The van der Waals surface area contributed by atoms with Crippen LogP contribution >= 0.6 is 15.9 Å². The highest BCUT2D eigenvalue weighted by molar-refractivity contribution is 9.10. The molecule has 0 aromatic heterocycles. The minimum Gasteiger partial charge on any atom is -0.493 e. The van der Waals surface area contributed by atoms with Crippen molar-refractivity contribution < 1.29 is 9.47 Å². The van der Waals surface area contributed by atoms with Gasteiger partial charge in [-0.1, -0.05) is 20.3 Å². The lowest BCUT2D eigenvalue weighted by molar-refractivity contribution is 0.239. The topological polar surface area (TPSA) is 44.5 Å². The molecular formula is C16H26BrNO2. The summed E-state index contributed by atoms with van der Waals surface area (Å²) in [4.78, 5) is 0. The predicted octanol–water partition coefficient (Wildman–Crippen LogP) is 4.16. The van der Waals surface area contributed by atoms with Crippen LogP contribution in [0.15, 0.2) is 16.6 Å². The Bertz CT molecular complexity index is 421. The molecule has 0 heterocycles. The molecule has 0 fully saturated rings. The first-order valence-corrected chi connectivity index (χ1v) is 8.02. The summed E-state index contributed by atoms with van der Waals surface area (Å²) in [6.45, 7) is 7.09. The number of hydrogen-bond acceptors (Lipinski definition) is 3. The van der Waals surface area contributed by atoms with Gasteiger partial charge in [-0.3, -0.25) is 0 Å². The van der Waals surface area contributed by atoms with Crippen molar-refractivity contribution in [1.29, 1.82) is 0 Å². The normalized spacial score (nSPS) is 13.9. The van der Waals surface area contributed by atoms with Gasteiger partial charge < -0.3 is 15.2 Å². The van der Waals surface area contributed by atoms with E-state index in [1.54, 1.807) is 7.11 Å². The number of rotatable bonds is 8. The molecule has 0 saturated heterocycles. The highest BCUT2D eigenvalue weighted by Crippen LogP contribution is 2.37. The summed E-state index contributed by atoms with van der Waals surface area (Å²) in [6, 6.07) is 4.20. The molecule has 2 unspecified atom stereocenters. The van der Waals surface area contributed by atoms with E-state index in [-0.39, 0.29) is 6.04 Å². The van der Waals surface area contributed by atoms with E-state index in [1.807, 2.05) is 13.0 Å². The van der Waals surface area contributed by atoms with Crippen LogP contribution in [0.2, 0.25) is 0 Å². The van der Waals surface area contributed by atoms with Crippen LogP contribution in [0.1, 0.15) is 39.2 Å². The van der Waals surface area contributed by atoms with E-state index < -0.39 is 0 Å². The van der Waals surface area contributed by atoms with Crippen LogP contribution in [-0.2, 0) is 6.42 Å². The van der Waals surface area contributed by atoms with Gasteiger partial charge in [-0.05, 0) is 59.3 Å². The predicted molar refractivity (Wildman–Crippen MR) is 87.6 cm³/mol. The highest BCUT2D eigenvalue weighted by atomic mass is 79.9. The van der Waals surface area contributed by atoms with Crippen LogP contribution in [0.4, 0.5) is 0 Å². The molecule has 0 aliphatic rings. The second kappa shape index (κ2) is 8.53. The van der Waals surface area contributed by atoms with E-state index >= 15 is 0 Å². The number of halogens is 1. The second-order valence-corrected chi connectivity index (χ2v) is 6.35. The zero-order valence-electron chi connectivity index (χ0n) is 12.9. The molecule has 3 nitrogen and oxygen atoms in total. The number of benzene rings is 1. The first kappa shape index (κ1) is 17.3. The van der Waals surface area contributed by atoms with Gasteiger partial charge in [-0.25, -0.2) is 0 Å². The lowest BCUT2D eigenvalue weighted by Gasteiger charge is -2.17. The fraction of sp³-hybridized carbons (Fsp3) is 0.625. The van der Waals surface area contributed by atoms with Crippen LogP contribution in [0.25, 0.3) is 0 Å². The summed E-state index contributed by atoms with van der Waals surface area (Å²) in [7, 11) is 1.67. The molecule has 0 amide bonds. The molecule has 0 spiro atoms. The number of ether oxygens (including phenoxy) is 2. The molecule has 2 atom stereocenters. The van der Waals surface area contributed by atoms with Crippen molar-refractivity contribution in [2.45, 2.75) is 46.1 Å². The van der Waals surface area contributed by atoms with Crippen molar-refractivity contribution in [3.8, 4) is 11.5 Å². The van der Waals surface area contributed by atoms with Crippen molar-refractivity contribution in [2.24, 2.45) is 11.7 Å². The minimum absolute atomic E-state index is 0.128. The molecule has 0 bridgehead atoms. The summed E-state index contributed by atoms with van der Waals surface area (Å²) < 4.78 is 12.3. The van der Waals surface area contributed by atoms with Gasteiger partial charge >= 0.3 is 0 Å². The average molecular weight is 344 g/mol. The smallest absolute Gasteiger partial charge is 0.175 e. The Balaban J connectivity index is 2.84. The maximum atomic E-state index is 5.93. The van der Waals surface area contributed by atoms with Gasteiger partial charge in [0.1, 0.15) is 0 Å². The molecule has 0 saturated carbocycles. The van der Waals surface area contributed by atoms with Gasteiger partial charge in [-0.2, -0.15) is 0 Å². The third-order valence-electron chi connectivity index (χ3n) is 3.14. The van der Waals surface area contributed by atoms with E-state index in [2.05, 4.69) is 35.8 Å². The molecule has 114 valence electrons. The molecule has 1 aromatic carbocycles. The molecule has 1 aromatic rings. The zero-order chi connectivity index (χ0) is 15.1. The molecule has 2 N–H and O–H groups in total. The number of hydrogen-bond donors (Lipinski definition) is 1. The summed E-state index contributed by atoms with van der Waals surface area (Å²) >= 11 is 3.57. The van der Waals surface area contributed by atoms with E-state index in [0.29, 0.717) is 12.5 Å². The first-order chi connectivity index (χ1) is 9.47. The Labute approximate surface area is 131 Å². The Morgan fingerprint density at radius 3 is 2.55 bits per heavy atom. The van der Waals surface area contributed by atoms with Gasteiger partial charge in [0, 0.05) is 6.04 Å². The van der Waals surface area contributed by atoms with Gasteiger partial charge in [0.15, 0.2) is 11.5 Å². The Morgan fingerprint density at radius 1 is 1.30 bits per heavy atom. The fourth-order valence-corrected chi connectivity index (χ4v) is 2.81. The Morgan fingerprint density at radius 2 is 2.00 bits per heavy atom. The average Bonchev–Trinajstić information content (AvgIpc) is 2.36. The van der Waals surface area contributed by atoms with Gasteiger partial charge in [0.05, 0.1) is 18.2 Å². The third-order valence-corrected chi connectivity index (χ3v) is 3.73. The largest absolute Gasteiger partial charge is 0.493 e. The first-order valence-electron chi connectivity index (χ1n) is 7.22. The van der Waals surface area contributed by atoms with Crippen molar-refractivity contribution in [1.82, 2.24) is 0 Å². The van der Waals surface area contributed by atoms with Crippen LogP contribution in [0.3, 0.4) is 0 Å². The zero-order valence-corrected chi connectivity index (χ0v) is 14.5. The summed E-state index contributed by atoms with van der Waals surface area (Å²) in [5.74, 6) is 2.09. The maximum Gasteiger partial charge on any atom is 0.175 e. The second-order valence-electron chi connectivity index (χ2n) is 5.50. The highest BCUT2D eigenvalue weighted by Gasteiger charge is 2.13. The minimum atomic E-state index is 0.128. The monoisotopic (exact) mass is 343 g/mol. The Kier molecular flexibility index (Phi) is 7.38. The van der Waals surface area contributed by atoms with E-state index in [1.165, 1.54) is 12.8 Å². The van der Waals surface area contributed by atoms with Crippen LogP contribution < -0.4 is 15.2 Å². The lowest BCUT2D eigenvalue weighted by atomic mass is 10.1. The van der Waals surface area contributed by atoms with Crippen LogP contribution in [0.5, 0.6) is 11.5 Å². The van der Waals surface area contributed by atoms with E-state index in [9.17, 15) is 0 Å². The van der Waals surface area contributed by atoms with Crippen molar-refractivity contribution >= 4 is 15.9 Å². The van der Waals surface area contributed by atoms with Gasteiger partial charge in [0.2, 0.25) is 0 Å². The maximum absolute atomic E-state index is 5.93. The van der Waals surface area contributed by atoms with Crippen molar-refractivity contribution in [3.63, 3.8) is 0 Å². The fourth-order valence-electron chi connectivity index (χ4n) is 2.20. The molecular weight excluding hydrogens is 318 g/mol. The molecule has 1 rings (SSSR count). The molecule has 4 heteroatoms. The van der Waals surface area contributed by atoms with E-state index in [0.717, 1.165) is 28.0 Å². The molecule has 20 heavy (non-hydrogen) atoms. The molecule has 0 aliphatic heterocycles. The van der Waals surface area contributed by atoms with Crippen LogP contribution in [0, 0.1) is 5.92 Å². The molecule has 0 aliphatic carbocycles.